The van der Waals surface area contributed by atoms with Gasteiger partial charge in [0.15, 0.2) is 0 Å². The molecule has 0 bridgehead atoms. The Hall–Kier alpha value is -3.56. The van der Waals surface area contributed by atoms with Crippen LogP contribution in [0.2, 0.25) is 5.02 Å². The highest BCUT2D eigenvalue weighted by molar-refractivity contribution is 7.92. The minimum Gasteiger partial charge on any atom is -0.497 e. The Bertz CT molecular complexity index is 1410. The van der Waals surface area contributed by atoms with Gasteiger partial charge in [-0.3, -0.25) is 13.9 Å². The van der Waals surface area contributed by atoms with Crippen LogP contribution in [0.4, 0.5) is 5.69 Å². The van der Waals surface area contributed by atoms with E-state index in [1.54, 1.807) is 55.6 Å². The number of ether oxygens (including phenoxy) is 1. The Balaban J connectivity index is 2.05. The SMILES string of the molecule is CC[C@H](C(=O)N[C@@H](C)CC)N(Cc1ccc(OC)cc1)C(=O)CN(c1ccc(Cl)cc1)S(=O)(=O)c1ccc(C)cc1. The number of carbonyl (C=O) groups is 2. The summed E-state index contributed by atoms with van der Waals surface area (Å²) in [6, 6.07) is 19.0. The van der Waals surface area contributed by atoms with Crippen LogP contribution in [-0.2, 0) is 26.2 Å². The van der Waals surface area contributed by atoms with Crippen molar-refractivity contribution in [2.45, 2.75) is 64.1 Å². The average molecular weight is 600 g/mol. The fourth-order valence-corrected chi connectivity index (χ4v) is 5.80. The van der Waals surface area contributed by atoms with E-state index in [1.807, 2.05) is 39.8 Å². The van der Waals surface area contributed by atoms with Gasteiger partial charge in [-0.1, -0.05) is 55.3 Å². The first-order chi connectivity index (χ1) is 19.5. The maximum Gasteiger partial charge on any atom is 0.264 e. The minimum atomic E-state index is -4.14. The standard InChI is InChI=1S/C31H38ClN3O5S/c1-6-23(4)33-31(37)29(7-2)34(20-24-10-16-27(40-5)17-11-24)30(36)21-35(26-14-12-25(32)13-15-26)41(38,39)28-18-8-22(3)9-19-28/h8-19,23,29H,6-7,20-21H2,1-5H3,(H,33,37)/t23-,29+/m0/s1. The number of hydrogen-bond donors (Lipinski definition) is 1. The predicted molar refractivity (Wildman–Crippen MR) is 163 cm³/mol. The van der Waals surface area contributed by atoms with Gasteiger partial charge in [0, 0.05) is 17.6 Å². The zero-order chi connectivity index (χ0) is 30.2. The third kappa shape index (κ3) is 8.24. The van der Waals surface area contributed by atoms with Crippen LogP contribution in [0.15, 0.2) is 77.7 Å². The number of benzene rings is 3. The number of hydrogen-bond acceptors (Lipinski definition) is 5. The summed E-state index contributed by atoms with van der Waals surface area (Å²) in [6.45, 7) is 7.15. The summed E-state index contributed by atoms with van der Waals surface area (Å²) in [6.07, 6.45) is 1.07. The zero-order valence-corrected chi connectivity index (χ0v) is 25.7. The molecule has 2 atom stereocenters. The van der Waals surface area contributed by atoms with E-state index in [1.165, 1.54) is 17.0 Å². The average Bonchev–Trinajstić information content (AvgIpc) is 2.96. The molecule has 10 heteroatoms. The zero-order valence-electron chi connectivity index (χ0n) is 24.1. The number of amides is 2. The second-order valence-electron chi connectivity index (χ2n) is 9.91. The molecule has 0 saturated carbocycles. The Morgan fingerprint density at radius 1 is 0.927 bits per heavy atom. The second-order valence-corrected chi connectivity index (χ2v) is 12.2. The lowest BCUT2D eigenvalue weighted by Crippen LogP contribution is -2.53. The van der Waals surface area contributed by atoms with Gasteiger partial charge in [-0.05, 0) is 80.8 Å². The normalized spacial score (nSPS) is 12.7. The molecule has 3 rings (SSSR count). The summed E-state index contributed by atoms with van der Waals surface area (Å²) in [7, 11) is -2.58. The predicted octanol–water partition coefficient (Wildman–Crippen LogP) is 5.57. The van der Waals surface area contributed by atoms with Gasteiger partial charge < -0.3 is 15.0 Å². The molecule has 0 aliphatic rings. The van der Waals surface area contributed by atoms with Crippen molar-refractivity contribution in [3.8, 4) is 5.75 Å². The van der Waals surface area contributed by atoms with Crippen LogP contribution in [0, 0.1) is 6.92 Å². The molecule has 3 aromatic rings. The topological polar surface area (TPSA) is 96.0 Å². The number of nitrogens with one attached hydrogen (secondary N) is 1. The fraction of sp³-hybridized carbons (Fsp3) is 0.355. The molecule has 0 aliphatic heterocycles. The first-order valence-electron chi connectivity index (χ1n) is 13.6. The first kappa shape index (κ1) is 32.0. The molecular formula is C31H38ClN3O5S. The van der Waals surface area contributed by atoms with Crippen LogP contribution >= 0.6 is 11.6 Å². The number of carbonyl (C=O) groups excluding carboxylic acids is 2. The Morgan fingerprint density at radius 3 is 2.07 bits per heavy atom. The fourth-order valence-electron chi connectivity index (χ4n) is 4.26. The van der Waals surface area contributed by atoms with E-state index >= 15 is 0 Å². The van der Waals surface area contributed by atoms with E-state index in [0.29, 0.717) is 17.2 Å². The molecule has 41 heavy (non-hydrogen) atoms. The minimum absolute atomic E-state index is 0.0501. The van der Waals surface area contributed by atoms with Crippen molar-refractivity contribution in [3.05, 3.63) is 88.9 Å². The maximum absolute atomic E-state index is 14.1. The number of halogens is 1. The van der Waals surface area contributed by atoms with Gasteiger partial charge in [-0.15, -0.1) is 0 Å². The van der Waals surface area contributed by atoms with Gasteiger partial charge in [0.1, 0.15) is 18.3 Å². The third-order valence-corrected chi connectivity index (χ3v) is 8.94. The van der Waals surface area contributed by atoms with Crippen LogP contribution in [-0.4, -0.2) is 50.9 Å². The summed E-state index contributed by atoms with van der Waals surface area (Å²) < 4.78 is 34.1. The van der Waals surface area contributed by atoms with Crippen LogP contribution in [0.3, 0.4) is 0 Å². The van der Waals surface area contributed by atoms with Gasteiger partial charge in [0.25, 0.3) is 10.0 Å². The van der Waals surface area contributed by atoms with E-state index in [0.717, 1.165) is 21.9 Å². The van der Waals surface area contributed by atoms with Crippen LogP contribution in [0.5, 0.6) is 5.75 Å². The number of aryl methyl sites for hydroxylation is 1. The summed E-state index contributed by atoms with van der Waals surface area (Å²) in [5.74, 6) is -0.146. The summed E-state index contributed by atoms with van der Waals surface area (Å²) in [4.78, 5) is 29.0. The Kier molecular flexibility index (Phi) is 11.2. The van der Waals surface area contributed by atoms with Gasteiger partial charge in [-0.25, -0.2) is 8.42 Å². The van der Waals surface area contributed by atoms with Crippen LogP contribution in [0.1, 0.15) is 44.7 Å². The molecule has 0 aliphatic carbocycles. The molecule has 8 nitrogen and oxygen atoms in total. The molecule has 0 spiro atoms. The van der Waals surface area contributed by atoms with Crippen molar-refractivity contribution in [2.24, 2.45) is 0 Å². The number of nitrogens with zero attached hydrogens (tertiary/aromatic N) is 2. The molecule has 3 aromatic carbocycles. The number of rotatable bonds is 13. The molecule has 2 amide bonds. The summed E-state index contributed by atoms with van der Waals surface area (Å²) in [5, 5.41) is 3.41. The van der Waals surface area contributed by atoms with Crippen molar-refractivity contribution < 1.29 is 22.7 Å². The molecule has 0 unspecified atom stereocenters. The molecule has 0 aromatic heterocycles. The van der Waals surface area contributed by atoms with Crippen molar-refractivity contribution in [3.63, 3.8) is 0 Å². The summed E-state index contributed by atoms with van der Waals surface area (Å²) >= 11 is 6.09. The van der Waals surface area contributed by atoms with Crippen LogP contribution in [0.25, 0.3) is 0 Å². The largest absolute Gasteiger partial charge is 0.497 e. The number of anilines is 1. The quantitative estimate of drug-likeness (QED) is 0.277. The highest BCUT2D eigenvalue weighted by Gasteiger charge is 2.34. The van der Waals surface area contributed by atoms with Gasteiger partial charge in [0.2, 0.25) is 11.8 Å². The van der Waals surface area contributed by atoms with Gasteiger partial charge in [0.05, 0.1) is 17.7 Å². The smallest absolute Gasteiger partial charge is 0.264 e. The van der Waals surface area contributed by atoms with Crippen molar-refractivity contribution >= 4 is 39.1 Å². The van der Waals surface area contributed by atoms with E-state index in [9.17, 15) is 18.0 Å². The molecule has 220 valence electrons. The maximum atomic E-state index is 14.1. The van der Waals surface area contributed by atoms with Gasteiger partial charge >= 0.3 is 0 Å². The second kappa shape index (κ2) is 14.4. The third-order valence-electron chi connectivity index (χ3n) is 6.90. The van der Waals surface area contributed by atoms with E-state index in [-0.39, 0.29) is 29.1 Å². The molecule has 0 saturated heterocycles. The number of sulfonamides is 1. The monoisotopic (exact) mass is 599 g/mol. The van der Waals surface area contributed by atoms with Crippen molar-refractivity contribution in [1.82, 2.24) is 10.2 Å². The first-order valence-corrected chi connectivity index (χ1v) is 15.4. The number of methoxy groups -OCH3 is 1. The Morgan fingerprint density at radius 2 is 1.54 bits per heavy atom. The Labute approximate surface area is 248 Å². The highest BCUT2D eigenvalue weighted by Crippen LogP contribution is 2.26. The van der Waals surface area contributed by atoms with Crippen LogP contribution < -0.4 is 14.4 Å². The highest BCUT2D eigenvalue weighted by atomic mass is 35.5. The lowest BCUT2D eigenvalue weighted by Gasteiger charge is -2.33. The van der Waals surface area contributed by atoms with Gasteiger partial charge in [-0.2, -0.15) is 0 Å². The summed E-state index contributed by atoms with van der Waals surface area (Å²) in [5.41, 5.74) is 1.96. The lowest BCUT2D eigenvalue weighted by atomic mass is 10.1. The van der Waals surface area contributed by atoms with Crippen molar-refractivity contribution in [2.75, 3.05) is 18.0 Å². The van der Waals surface area contributed by atoms with E-state index < -0.39 is 28.5 Å². The molecule has 1 N–H and O–H groups in total. The molecule has 0 fully saturated rings. The van der Waals surface area contributed by atoms with E-state index in [2.05, 4.69) is 5.32 Å². The molecular weight excluding hydrogens is 562 g/mol. The van der Waals surface area contributed by atoms with Crippen molar-refractivity contribution in [1.29, 1.82) is 0 Å². The lowest BCUT2D eigenvalue weighted by molar-refractivity contribution is -0.140. The van der Waals surface area contributed by atoms with E-state index in [4.69, 9.17) is 16.3 Å². The molecule has 0 radical (unpaired) electrons. The molecule has 0 heterocycles.